The van der Waals surface area contributed by atoms with E-state index in [0.29, 0.717) is 5.92 Å². The summed E-state index contributed by atoms with van der Waals surface area (Å²) in [7, 11) is 3.56. The third kappa shape index (κ3) is 2.42. The molecule has 0 radical (unpaired) electrons. The normalized spacial score (nSPS) is 22.7. The molecule has 1 aliphatic rings. The van der Waals surface area contributed by atoms with Crippen molar-refractivity contribution < 1.29 is 9.13 Å². The minimum absolute atomic E-state index is 0.161. The summed E-state index contributed by atoms with van der Waals surface area (Å²) in [6, 6.07) is 4.78. The van der Waals surface area contributed by atoms with Crippen LogP contribution in [0.4, 0.5) is 4.39 Å². The molecule has 1 aromatic rings. The molecule has 1 aromatic carbocycles. The van der Waals surface area contributed by atoms with E-state index in [4.69, 9.17) is 10.5 Å². The van der Waals surface area contributed by atoms with Gasteiger partial charge in [0.2, 0.25) is 0 Å². The summed E-state index contributed by atoms with van der Waals surface area (Å²) in [5.41, 5.74) is 7.01. The molecule has 0 aliphatic carbocycles. The van der Waals surface area contributed by atoms with Crippen LogP contribution in [0.3, 0.4) is 0 Å². The fourth-order valence-corrected chi connectivity index (χ4v) is 2.52. The highest BCUT2D eigenvalue weighted by Gasteiger charge is 2.28. The number of nitrogens with two attached hydrogens (primary N) is 1. The predicted octanol–water partition coefficient (Wildman–Crippen LogP) is 1.79. The average molecular weight is 238 g/mol. The zero-order valence-corrected chi connectivity index (χ0v) is 10.3. The number of nitrogens with zero attached hydrogens (tertiary/aromatic N) is 1. The van der Waals surface area contributed by atoms with Crippen LogP contribution in [0.15, 0.2) is 18.2 Å². The second-order valence-corrected chi connectivity index (χ2v) is 4.70. The summed E-state index contributed by atoms with van der Waals surface area (Å²) >= 11 is 0. The lowest BCUT2D eigenvalue weighted by Gasteiger charge is -2.21. The van der Waals surface area contributed by atoms with Crippen LogP contribution in [0.25, 0.3) is 0 Å². The van der Waals surface area contributed by atoms with E-state index in [1.165, 1.54) is 13.2 Å². The zero-order chi connectivity index (χ0) is 12.4. The topological polar surface area (TPSA) is 38.5 Å². The largest absolute Gasteiger partial charge is 0.493 e. The van der Waals surface area contributed by atoms with Gasteiger partial charge in [0, 0.05) is 18.2 Å². The fourth-order valence-electron chi connectivity index (χ4n) is 2.52. The first-order valence-corrected chi connectivity index (χ1v) is 5.90. The van der Waals surface area contributed by atoms with Crippen LogP contribution in [0.1, 0.15) is 18.0 Å². The number of methoxy groups -OCH3 is 1. The van der Waals surface area contributed by atoms with Crippen molar-refractivity contribution in [3.63, 3.8) is 0 Å². The number of hydrogen-bond donors (Lipinski definition) is 1. The third-order valence-electron chi connectivity index (χ3n) is 3.50. The van der Waals surface area contributed by atoms with E-state index in [1.54, 1.807) is 6.07 Å². The molecule has 1 aliphatic heterocycles. The van der Waals surface area contributed by atoms with E-state index < -0.39 is 0 Å². The van der Waals surface area contributed by atoms with E-state index in [-0.39, 0.29) is 17.6 Å². The summed E-state index contributed by atoms with van der Waals surface area (Å²) in [5.74, 6) is 0.317. The van der Waals surface area contributed by atoms with Gasteiger partial charge in [-0.25, -0.2) is 4.39 Å². The highest BCUT2D eigenvalue weighted by Crippen LogP contribution is 2.34. The van der Waals surface area contributed by atoms with Gasteiger partial charge < -0.3 is 15.4 Å². The molecule has 3 nitrogen and oxygen atoms in total. The summed E-state index contributed by atoms with van der Waals surface area (Å²) in [6.45, 7) is 2.01. The lowest BCUT2D eigenvalue weighted by molar-refractivity contribution is 0.351. The van der Waals surface area contributed by atoms with Gasteiger partial charge >= 0.3 is 0 Å². The predicted molar refractivity (Wildman–Crippen MR) is 65.5 cm³/mol. The molecule has 94 valence electrons. The molecule has 0 saturated carbocycles. The maximum Gasteiger partial charge on any atom is 0.165 e. The summed E-state index contributed by atoms with van der Waals surface area (Å²) < 4.78 is 18.7. The molecule has 2 N–H and O–H groups in total. The van der Waals surface area contributed by atoms with Crippen molar-refractivity contribution in [3.05, 3.63) is 29.6 Å². The SMILES string of the molecule is COc1c(F)cccc1C(N)C1CCN(C)C1. The molecule has 17 heavy (non-hydrogen) atoms. The van der Waals surface area contributed by atoms with Gasteiger partial charge in [0.25, 0.3) is 0 Å². The van der Waals surface area contributed by atoms with Gasteiger partial charge in [-0.3, -0.25) is 0 Å². The number of para-hydroxylation sites is 1. The fraction of sp³-hybridized carbons (Fsp3) is 0.538. The summed E-state index contributed by atoms with van der Waals surface area (Å²) in [5, 5.41) is 0. The van der Waals surface area contributed by atoms with Gasteiger partial charge in [0.05, 0.1) is 7.11 Å². The van der Waals surface area contributed by atoms with Crippen molar-refractivity contribution >= 4 is 0 Å². The molecule has 2 rings (SSSR count). The third-order valence-corrected chi connectivity index (χ3v) is 3.50. The standard InChI is InChI=1S/C13H19FN2O/c1-16-7-6-9(8-16)12(15)10-4-3-5-11(14)13(10)17-2/h3-5,9,12H,6-8,15H2,1-2H3. The first-order valence-electron chi connectivity index (χ1n) is 5.90. The lowest BCUT2D eigenvalue weighted by Crippen LogP contribution is -2.25. The molecule has 4 heteroatoms. The molecule has 2 atom stereocenters. The van der Waals surface area contributed by atoms with Crippen LogP contribution in [0, 0.1) is 11.7 Å². The van der Waals surface area contributed by atoms with Crippen molar-refractivity contribution in [2.75, 3.05) is 27.2 Å². The highest BCUT2D eigenvalue weighted by molar-refractivity contribution is 5.37. The molecule has 1 heterocycles. The van der Waals surface area contributed by atoms with Crippen LogP contribution in [0.5, 0.6) is 5.75 Å². The monoisotopic (exact) mass is 238 g/mol. The van der Waals surface area contributed by atoms with Crippen LogP contribution in [0.2, 0.25) is 0 Å². The van der Waals surface area contributed by atoms with Gasteiger partial charge in [0.1, 0.15) is 0 Å². The van der Waals surface area contributed by atoms with Crippen LogP contribution < -0.4 is 10.5 Å². The first-order chi connectivity index (χ1) is 8.13. The Bertz CT molecular complexity index is 397. The first kappa shape index (κ1) is 12.3. The quantitative estimate of drug-likeness (QED) is 0.872. The lowest BCUT2D eigenvalue weighted by atomic mass is 9.92. The minimum atomic E-state index is -0.341. The molecule has 0 amide bonds. The second-order valence-electron chi connectivity index (χ2n) is 4.70. The molecule has 1 fully saturated rings. The number of ether oxygens (including phenoxy) is 1. The van der Waals surface area contributed by atoms with Crippen molar-refractivity contribution in [3.8, 4) is 5.75 Å². The Morgan fingerprint density at radius 1 is 1.53 bits per heavy atom. The Balaban J connectivity index is 2.24. The molecule has 2 unspecified atom stereocenters. The Hall–Kier alpha value is -1.13. The second kappa shape index (κ2) is 5.02. The summed E-state index contributed by atoms with van der Waals surface area (Å²) in [6.07, 6.45) is 1.05. The van der Waals surface area contributed by atoms with Gasteiger partial charge in [-0.05, 0) is 32.0 Å². The molecule has 1 saturated heterocycles. The van der Waals surface area contributed by atoms with Crippen molar-refractivity contribution in [1.82, 2.24) is 4.90 Å². The Labute approximate surface area is 101 Å². The van der Waals surface area contributed by atoms with Gasteiger partial charge in [-0.15, -0.1) is 0 Å². The van der Waals surface area contributed by atoms with Crippen molar-refractivity contribution in [2.24, 2.45) is 11.7 Å². The van der Waals surface area contributed by atoms with Gasteiger partial charge in [-0.2, -0.15) is 0 Å². The smallest absolute Gasteiger partial charge is 0.165 e. The highest BCUT2D eigenvalue weighted by atomic mass is 19.1. The van der Waals surface area contributed by atoms with E-state index in [0.717, 1.165) is 25.1 Å². The van der Waals surface area contributed by atoms with E-state index in [9.17, 15) is 4.39 Å². The number of benzene rings is 1. The molecule has 0 bridgehead atoms. The van der Waals surface area contributed by atoms with E-state index >= 15 is 0 Å². The Morgan fingerprint density at radius 2 is 2.29 bits per heavy atom. The maximum atomic E-state index is 13.6. The van der Waals surface area contributed by atoms with E-state index in [2.05, 4.69) is 11.9 Å². The molecule has 0 spiro atoms. The Kier molecular flexibility index (Phi) is 3.64. The van der Waals surface area contributed by atoms with Crippen LogP contribution in [-0.2, 0) is 0 Å². The molecule has 0 aromatic heterocycles. The van der Waals surface area contributed by atoms with Crippen molar-refractivity contribution in [1.29, 1.82) is 0 Å². The van der Waals surface area contributed by atoms with E-state index in [1.807, 2.05) is 6.07 Å². The van der Waals surface area contributed by atoms with Crippen LogP contribution in [-0.4, -0.2) is 32.1 Å². The zero-order valence-electron chi connectivity index (χ0n) is 10.3. The van der Waals surface area contributed by atoms with Crippen molar-refractivity contribution in [2.45, 2.75) is 12.5 Å². The summed E-state index contributed by atoms with van der Waals surface area (Å²) in [4.78, 5) is 2.25. The number of rotatable bonds is 3. The average Bonchev–Trinajstić information content (AvgIpc) is 2.74. The van der Waals surface area contributed by atoms with Gasteiger partial charge in [-0.1, -0.05) is 12.1 Å². The minimum Gasteiger partial charge on any atom is -0.493 e. The van der Waals surface area contributed by atoms with Crippen LogP contribution >= 0.6 is 0 Å². The maximum absolute atomic E-state index is 13.6. The number of halogens is 1. The molecular weight excluding hydrogens is 219 g/mol. The number of likely N-dealkylation sites (tertiary alicyclic amines) is 1. The van der Waals surface area contributed by atoms with Gasteiger partial charge in [0.15, 0.2) is 11.6 Å². The Morgan fingerprint density at radius 3 is 2.88 bits per heavy atom. The number of hydrogen-bond acceptors (Lipinski definition) is 3. The molecular formula is C13H19FN2O.